The standard InChI is InChI=1S/C24H24N4O4S/c1-14-6-3-7-15(2)19(14)26-18(29)13-27-20-17-9-4-10-25-22(17)33-21(20)23(30)28(24(27)31)12-16-8-5-11-32-16/h3-4,6-7,9-10,16H,5,8,11-13H2,1-2H3,(H,26,29). The SMILES string of the molecule is Cc1cccc(C)c1NC(=O)Cn1c(=O)n(CC2CCCO2)c(=O)c2sc3ncccc3c21. The first kappa shape index (κ1) is 21.5. The van der Waals surface area contributed by atoms with Crippen LogP contribution in [0.2, 0.25) is 0 Å². The third-order valence-electron chi connectivity index (χ3n) is 6.07. The summed E-state index contributed by atoms with van der Waals surface area (Å²) in [4.78, 5) is 44.9. The Hall–Kier alpha value is -3.30. The summed E-state index contributed by atoms with van der Waals surface area (Å²) in [6, 6.07) is 9.36. The van der Waals surface area contributed by atoms with Crippen molar-refractivity contribution in [3.05, 3.63) is 68.5 Å². The Labute approximate surface area is 193 Å². The fourth-order valence-corrected chi connectivity index (χ4v) is 5.51. The highest BCUT2D eigenvalue weighted by atomic mass is 32.1. The lowest BCUT2D eigenvalue weighted by atomic mass is 10.1. The molecule has 1 N–H and O–H groups in total. The van der Waals surface area contributed by atoms with E-state index in [1.165, 1.54) is 20.5 Å². The first-order valence-electron chi connectivity index (χ1n) is 10.9. The van der Waals surface area contributed by atoms with Gasteiger partial charge in [-0.3, -0.25) is 18.7 Å². The maximum atomic E-state index is 13.5. The zero-order valence-corrected chi connectivity index (χ0v) is 19.3. The summed E-state index contributed by atoms with van der Waals surface area (Å²) in [5.41, 5.74) is 2.20. The number of carbonyl (C=O) groups is 1. The number of hydrogen-bond acceptors (Lipinski definition) is 6. The molecule has 0 aliphatic carbocycles. The minimum Gasteiger partial charge on any atom is -0.376 e. The van der Waals surface area contributed by atoms with Crippen LogP contribution in [0.15, 0.2) is 46.1 Å². The molecule has 9 heteroatoms. The molecular formula is C24H24N4O4S. The number of para-hydroxylation sites is 1. The summed E-state index contributed by atoms with van der Waals surface area (Å²) in [6.07, 6.45) is 3.17. The van der Waals surface area contributed by atoms with E-state index in [1.807, 2.05) is 38.1 Å². The molecule has 33 heavy (non-hydrogen) atoms. The lowest BCUT2D eigenvalue weighted by Gasteiger charge is -2.16. The second kappa shape index (κ2) is 8.57. The highest BCUT2D eigenvalue weighted by Gasteiger charge is 2.24. The number of amides is 1. The normalized spacial score (nSPS) is 16.0. The van der Waals surface area contributed by atoms with Gasteiger partial charge in [0.05, 0.1) is 18.2 Å². The molecule has 1 aromatic carbocycles. The molecule has 1 atom stereocenters. The number of benzene rings is 1. The summed E-state index contributed by atoms with van der Waals surface area (Å²) >= 11 is 1.24. The van der Waals surface area contributed by atoms with E-state index in [9.17, 15) is 14.4 Å². The number of aromatic nitrogens is 3. The molecule has 1 aliphatic heterocycles. The van der Waals surface area contributed by atoms with Gasteiger partial charge in [-0.05, 0) is 49.9 Å². The molecule has 0 saturated carbocycles. The van der Waals surface area contributed by atoms with Crippen LogP contribution in [-0.2, 0) is 22.6 Å². The number of ether oxygens (including phenoxy) is 1. The zero-order chi connectivity index (χ0) is 23.1. The van der Waals surface area contributed by atoms with Crippen molar-refractivity contribution in [3.63, 3.8) is 0 Å². The van der Waals surface area contributed by atoms with Crippen LogP contribution in [0.1, 0.15) is 24.0 Å². The van der Waals surface area contributed by atoms with Gasteiger partial charge in [-0.2, -0.15) is 0 Å². The number of hydrogen-bond donors (Lipinski definition) is 1. The molecule has 0 radical (unpaired) electrons. The Balaban J connectivity index is 1.63. The Morgan fingerprint density at radius 2 is 1.97 bits per heavy atom. The van der Waals surface area contributed by atoms with Crippen LogP contribution in [0.4, 0.5) is 5.69 Å². The highest BCUT2D eigenvalue weighted by Crippen LogP contribution is 2.29. The van der Waals surface area contributed by atoms with Crippen molar-refractivity contribution < 1.29 is 9.53 Å². The predicted molar refractivity (Wildman–Crippen MR) is 129 cm³/mol. The monoisotopic (exact) mass is 464 g/mol. The van der Waals surface area contributed by atoms with Crippen molar-refractivity contribution >= 4 is 43.4 Å². The molecule has 170 valence electrons. The van der Waals surface area contributed by atoms with Crippen LogP contribution in [0.5, 0.6) is 0 Å². The molecule has 5 rings (SSSR count). The fourth-order valence-electron chi connectivity index (χ4n) is 4.42. The summed E-state index contributed by atoms with van der Waals surface area (Å²) in [5, 5.41) is 3.63. The number of fused-ring (bicyclic) bond motifs is 3. The minimum absolute atomic E-state index is 0.174. The second-order valence-electron chi connectivity index (χ2n) is 8.37. The van der Waals surface area contributed by atoms with Crippen molar-refractivity contribution in [2.75, 3.05) is 11.9 Å². The minimum atomic E-state index is -0.511. The molecule has 1 amide bonds. The third-order valence-corrected chi connectivity index (χ3v) is 7.16. The number of nitrogens with zero attached hydrogens (tertiary/aromatic N) is 3. The Bertz CT molecular complexity index is 1470. The molecule has 1 fully saturated rings. The second-order valence-corrected chi connectivity index (χ2v) is 9.37. The average Bonchev–Trinajstić information content (AvgIpc) is 3.45. The van der Waals surface area contributed by atoms with Crippen LogP contribution >= 0.6 is 11.3 Å². The lowest BCUT2D eigenvalue weighted by Crippen LogP contribution is -2.43. The van der Waals surface area contributed by atoms with E-state index < -0.39 is 5.69 Å². The number of rotatable bonds is 5. The highest BCUT2D eigenvalue weighted by molar-refractivity contribution is 7.25. The molecule has 4 aromatic rings. The van der Waals surface area contributed by atoms with Gasteiger partial charge in [-0.25, -0.2) is 9.78 Å². The van der Waals surface area contributed by atoms with Crippen LogP contribution in [-0.4, -0.2) is 32.7 Å². The number of anilines is 1. The molecule has 1 aliphatic rings. The Morgan fingerprint density at radius 1 is 1.18 bits per heavy atom. The topological polar surface area (TPSA) is 95.2 Å². The lowest BCUT2D eigenvalue weighted by molar-refractivity contribution is -0.116. The van der Waals surface area contributed by atoms with E-state index in [4.69, 9.17) is 4.74 Å². The van der Waals surface area contributed by atoms with E-state index in [0.717, 1.165) is 29.7 Å². The van der Waals surface area contributed by atoms with Gasteiger partial charge in [0.2, 0.25) is 5.91 Å². The largest absolute Gasteiger partial charge is 0.376 e. The van der Waals surface area contributed by atoms with E-state index >= 15 is 0 Å². The predicted octanol–water partition coefficient (Wildman–Crippen LogP) is 3.21. The van der Waals surface area contributed by atoms with E-state index in [-0.39, 0.29) is 30.7 Å². The number of carbonyl (C=O) groups excluding carboxylic acids is 1. The number of nitrogens with one attached hydrogen (secondary N) is 1. The average molecular weight is 465 g/mol. The molecule has 8 nitrogen and oxygen atoms in total. The first-order chi connectivity index (χ1) is 15.9. The van der Waals surface area contributed by atoms with E-state index in [1.54, 1.807) is 12.3 Å². The number of aryl methyl sites for hydroxylation is 2. The van der Waals surface area contributed by atoms with Gasteiger partial charge in [0.15, 0.2) is 0 Å². The van der Waals surface area contributed by atoms with Gasteiger partial charge < -0.3 is 10.1 Å². The zero-order valence-electron chi connectivity index (χ0n) is 18.5. The summed E-state index contributed by atoms with van der Waals surface area (Å²) in [7, 11) is 0. The molecular weight excluding hydrogens is 440 g/mol. The molecule has 0 spiro atoms. The van der Waals surface area contributed by atoms with Crippen molar-refractivity contribution in [3.8, 4) is 0 Å². The molecule has 4 heterocycles. The molecule has 3 aromatic heterocycles. The first-order valence-corrected chi connectivity index (χ1v) is 11.7. The molecule has 1 saturated heterocycles. The fraction of sp³-hybridized carbons (Fsp3) is 0.333. The van der Waals surface area contributed by atoms with Crippen molar-refractivity contribution in [1.29, 1.82) is 0 Å². The quantitative estimate of drug-likeness (QED) is 0.489. The van der Waals surface area contributed by atoms with Crippen LogP contribution < -0.4 is 16.6 Å². The van der Waals surface area contributed by atoms with Gasteiger partial charge in [0, 0.05) is 23.9 Å². The molecule has 0 bridgehead atoms. The van der Waals surface area contributed by atoms with Crippen molar-refractivity contribution in [2.45, 2.75) is 45.9 Å². The van der Waals surface area contributed by atoms with Gasteiger partial charge in [-0.1, -0.05) is 18.2 Å². The van der Waals surface area contributed by atoms with E-state index in [2.05, 4.69) is 10.3 Å². The number of pyridine rings is 1. The van der Waals surface area contributed by atoms with Gasteiger partial charge in [0.25, 0.3) is 5.56 Å². The Kier molecular flexibility index (Phi) is 5.59. The maximum absolute atomic E-state index is 13.5. The van der Waals surface area contributed by atoms with Gasteiger partial charge in [0.1, 0.15) is 16.1 Å². The van der Waals surface area contributed by atoms with Crippen LogP contribution in [0.25, 0.3) is 20.4 Å². The van der Waals surface area contributed by atoms with Gasteiger partial charge in [-0.15, -0.1) is 11.3 Å². The Morgan fingerprint density at radius 3 is 2.70 bits per heavy atom. The summed E-state index contributed by atoms with van der Waals surface area (Å²) < 4.78 is 8.69. The summed E-state index contributed by atoms with van der Waals surface area (Å²) in [6.45, 7) is 4.43. The summed E-state index contributed by atoms with van der Waals surface area (Å²) in [5.74, 6) is -0.332. The smallest absolute Gasteiger partial charge is 0.332 e. The van der Waals surface area contributed by atoms with E-state index in [0.29, 0.717) is 27.0 Å². The van der Waals surface area contributed by atoms with Crippen molar-refractivity contribution in [1.82, 2.24) is 14.1 Å². The van der Waals surface area contributed by atoms with Gasteiger partial charge >= 0.3 is 5.69 Å². The maximum Gasteiger partial charge on any atom is 0.332 e. The van der Waals surface area contributed by atoms with Crippen molar-refractivity contribution in [2.24, 2.45) is 0 Å². The third kappa shape index (κ3) is 3.87. The molecule has 1 unspecified atom stereocenters. The van der Waals surface area contributed by atoms with Crippen LogP contribution in [0, 0.1) is 13.8 Å². The van der Waals surface area contributed by atoms with Crippen LogP contribution in [0.3, 0.4) is 0 Å². The number of thiophene rings is 1.